The molecule has 1 amide bonds. The van der Waals surface area contributed by atoms with E-state index in [9.17, 15) is 31.1 Å². The Labute approximate surface area is 179 Å². The fraction of sp³-hybridized carbons (Fsp3) is 0.318. The van der Waals surface area contributed by atoms with Gasteiger partial charge in [0.1, 0.15) is 6.54 Å². The van der Waals surface area contributed by atoms with Gasteiger partial charge in [-0.25, -0.2) is 0 Å². The quantitative estimate of drug-likeness (QED) is 0.558. The molecule has 2 aromatic carbocycles. The lowest BCUT2D eigenvalue weighted by Crippen LogP contribution is -2.54. The molecule has 0 bridgehead atoms. The highest BCUT2D eigenvalue weighted by Crippen LogP contribution is 2.34. The normalized spacial score (nSPS) is 15.2. The summed E-state index contributed by atoms with van der Waals surface area (Å²) in [6.07, 6.45) is -7.12. The Hall–Kier alpha value is -3.17. The Morgan fingerprint density at radius 2 is 1.72 bits per heavy atom. The van der Waals surface area contributed by atoms with Crippen molar-refractivity contribution in [2.45, 2.75) is 19.3 Å². The van der Waals surface area contributed by atoms with Crippen LogP contribution in [0.15, 0.2) is 48.7 Å². The van der Waals surface area contributed by atoms with Crippen LogP contribution in [0.4, 0.5) is 32.0 Å². The fourth-order valence-electron chi connectivity index (χ4n) is 3.81. The van der Waals surface area contributed by atoms with Gasteiger partial charge in [-0.3, -0.25) is 4.79 Å². The van der Waals surface area contributed by atoms with E-state index in [-0.39, 0.29) is 13.1 Å². The minimum atomic E-state index is -4.45. The lowest BCUT2D eigenvalue weighted by atomic mass is 9.98. The topological polar surface area (TPSA) is 37.3 Å². The number of halogens is 6. The van der Waals surface area contributed by atoms with E-state index >= 15 is 0 Å². The zero-order chi connectivity index (χ0) is 23.3. The molecule has 3 aromatic rings. The Bertz CT molecular complexity index is 1160. The van der Waals surface area contributed by atoms with Gasteiger partial charge in [-0.2, -0.15) is 26.3 Å². The van der Waals surface area contributed by atoms with E-state index in [1.54, 1.807) is 23.8 Å². The van der Waals surface area contributed by atoms with Crippen molar-refractivity contribution in [1.29, 1.82) is 0 Å². The van der Waals surface area contributed by atoms with Crippen LogP contribution < -0.4 is 10.2 Å². The average Bonchev–Trinajstić information content (AvgIpc) is 3.00. The van der Waals surface area contributed by atoms with Crippen LogP contribution in [0.2, 0.25) is 0 Å². The van der Waals surface area contributed by atoms with E-state index in [0.29, 0.717) is 16.5 Å². The molecule has 0 radical (unpaired) electrons. The van der Waals surface area contributed by atoms with Crippen molar-refractivity contribution in [2.75, 3.05) is 24.5 Å². The highest BCUT2D eigenvalue weighted by Gasteiger charge is 2.35. The van der Waals surface area contributed by atoms with Gasteiger partial charge >= 0.3 is 12.4 Å². The second-order valence-electron chi connectivity index (χ2n) is 7.87. The van der Waals surface area contributed by atoms with E-state index in [4.69, 9.17) is 0 Å². The minimum Gasteiger partial charge on any atom is -0.370 e. The molecule has 1 fully saturated rings. The number of carbonyl (C=O) groups is 1. The maximum Gasteiger partial charge on any atom is 0.416 e. The molecule has 0 unspecified atom stereocenters. The lowest BCUT2D eigenvalue weighted by Gasteiger charge is -2.40. The number of hydrogen-bond acceptors (Lipinski definition) is 2. The number of carbonyl (C=O) groups excluding carboxylic acids is 1. The molecule has 1 aromatic heterocycles. The molecular weight excluding hydrogens is 436 g/mol. The van der Waals surface area contributed by atoms with Gasteiger partial charge in [0.25, 0.3) is 0 Å². The van der Waals surface area contributed by atoms with Gasteiger partial charge in [0, 0.05) is 36.0 Å². The summed E-state index contributed by atoms with van der Waals surface area (Å²) in [6.45, 7) is 0.956. The third kappa shape index (κ3) is 4.39. The molecule has 2 heterocycles. The monoisotopic (exact) mass is 455 g/mol. The third-order valence-corrected chi connectivity index (χ3v) is 5.52. The van der Waals surface area contributed by atoms with E-state index in [1.165, 1.54) is 6.07 Å². The maximum absolute atomic E-state index is 13.1. The molecule has 10 heteroatoms. The molecule has 170 valence electrons. The lowest BCUT2D eigenvalue weighted by molar-refractivity contribution is -0.141. The summed E-state index contributed by atoms with van der Waals surface area (Å²) in [5, 5.41) is 2.39. The SMILES string of the molecule is Cc1cn(-c2cccc(N3CC(C(=O)NCC(F)(F)F)C3)c2)c2ccc(C(F)(F)F)cc12. The Kier molecular flexibility index (Phi) is 5.34. The summed E-state index contributed by atoms with van der Waals surface area (Å²) in [4.78, 5) is 13.7. The molecule has 4 rings (SSSR count). The predicted octanol–water partition coefficient (Wildman–Crippen LogP) is 5.07. The molecule has 1 saturated heterocycles. The third-order valence-electron chi connectivity index (χ3n) is 5.52. The largest absolute Gasteiger partial charge is 0.416 e. The second kappa shape index (κ2) is 7.75. The molecule has 32 heavy (non-hydrogen) atoms. The summed E-state index contributed by atoms with van der Waals surface area (Å²) in [5.74, 6) is -1.17. The van der Waals surface area contributed by atoms with Crippen molar-refractivity contribution in [3.63, 3.8) is 0 Å². The number of amides is 1. The van der Waals surface area contributed by atoms with Gasteiger partial charge < -0.3 is 14.8 Å². The van der Waals surface area contributed by atoms with Crippen molar-refractivity contribution < 1.29 is 31.1 Å². The predicted molar refractivity (Wildman–Crippen MR) is 108 cm³/mol. The van der Waals surface area contributed by atoms with Crippen LogP contribution in [0, 0.1) is 12.8 Å². The molecule has 1 aliphatic rings. The number of hydrogen-bond donors (Lipinski definition) is 1. The number of anilines is 1. The Balaban J connectivity index is 1.52. The van der Waals surface area contributed by atoms with Gasteiger partial charge in [0.05, 0.1) is 17.0 Å². The summed E-state index contributed by atoms with van der Waals surface area (Å²) in [7, 11) is 0. The molecule has 0 aliphatic carbocycles. The van der Waals surface area contributed by atoms with Gasteiger partial charge in [-0.15, -0.1) is 0 Å². The van der Waals surface area contributed by atoms with Gasteiger partial charge in [-0.1, -0.05) is 6.07 Å². The van der Waals surface area contributed by atoms with Crippen molar-refractivity contribution >= 4 is 22.5 Å². The smallest absolute Gasteiger partial charge is 0.370 e. The standard InChI is InChI=1S/C22H19F6N3O/c1-13-9-31(19-6-5-15(7-18(13)19)22(26,27)28)17-4-2-3-16(8-17)30-10-14(11-30)20(32)29-12-21(23,24)25/h2-9,14H,10-12H2,1H3,(H,29,32). The summed E-state index contributed by atoms with van der Waals surface area (Å²) in [6, 6.07) is 10.9. The first-order valence-corrected chi connectivity index (χ1v) is 9.81. The summed E-state index contributed by atoms with van der Waals surface area (Å²) in [5.41, 5.74) is 2.11. The van der Waals surface area contributed by atoms with Crippen LogP contribution in [0.3, 0.4) is 0 Å². The van der Waals surface area contributed by atoms with Crippen LogP contribution in [0.25, 0.3) is 16.6 Å². The molecule has 0 spiro atoms. The number of alkyl halides is 6. The highest BCUT2D eigenvalue weighted by atomic mass is 19.4. The van der Waals surface area contributed by atoms with E-state index in [2.05, 4.69) is 0 Å². The molecule has 0 atom stereocenters. The number of nitrogens with zero attached hydrogens (tertiary/aromatic N) is 2. The van der Waals surface area contributed by atoms with Crippen molar-refractivity contribution in [1.82, 2.24) is 9.88 Å². The van der Waals surface area contributed by atoms with Crippen LogP contribution >= 0.6 is 0 Å². The van der Waals surface area contributed by atoms with Gasteiger partial charge in [0.2, 0.25) is 5.91 Å². The molecule has 4 nitrogen and oxygen atoms in total. The van der Waals surface area contributed by atoms with E-state index in [1.807, 2.05) is 28.4 Å². The maximum atomic E-state index is 13.1. The molecular formula is C22H19F6N3O. The minimum absolute atomic E-state index is 0.285. The number of aryl methyl sites for hydroxylation is 1. The van der Waals surface area contributed by atoms with Crippen molar-refractivity contribution in [3.8, 4) is 5.69 Å². The molecule has 1 aliphatic heterocycles. The number of rotatable bonds is 4. The number of benzene rings is 2. The fourth-order valence-corrected chi connectivity index (χ4v) is 3.81. The van der Waals surface area contributed by atoms with Crippen LogP contribution in [-0.4, -0.2) is 36.3 Å². The average molecular weight is 455 g/mol. The van der Waals surface area contributed by atoms with E-state index < -0.39 is 36.3 Å². The second-order valence-corrected chi connectivity index (χ2v) is 7.87. The van der Waals surface area contributed by atoms with Gasteiger partial charge in [0.15, 0.2) is 0 Å². The number of aromatic nitrogens is 1. The highest BCUT2D eigenvalue weighted by molar-refractivity contribution is 5.86. The zero-order valence-corrected chi connectivity index (χ0v) is 16.9. The van der Waals surface area contributed by atoms with Crippen LogP contribution in [0.5, 0.6) is 0 Å². The Morgan fingerprint density at radius 3 is 2.38 bits per heavy atom. The van der Waals surface area contributed by atoms with Crippen molar-refractivity contribution in [3.05, 3.63) is 59.8 Å². The zero-order valence-electron chi connectivity index (χ0n) is 16.9. The molecule has 1 N–H and O–H groups in total. The van der Waals surface area contributed by atoms with Crippen LogP contribution in [0.1, 0.15) is 11.1 Å². The van der Waals surface area contributed by atoms with Gasteiger partial charge in [-0.05, 0) is 48.9 Å². The molecule has 0 saturated carbocycles. The first kappa shape index (κ1) is 22.0. The first-order valence-electron chi connectivity index (χ1n) is 9.81. The van der Waals surface area contributed by atoms with Crippen LogP contribution in [-0.2, 0) is 11.0 Å². The summed E-state index contributed by atoms with van der Waals surface area (Å²) >= 11 is 0. The number of fused-ring (bicyclic) bond motifs is 1. The summed E-state index contributed by atoms with van der Waals surface area (Å²) < 4.78 is 77.8. The Morgan fingerprint density at radius 1 is 1.03 bits per heavy atom. The van der Waals surface area contributed by atoms with E-state index in [0.717, 1.165) is 23.5 Å². The first-order chi connectivity index (χ1) is 14.9. The number of nitrogens with one attached hydrogen (secondary N) is 1. The van der Waals surface area contributed by atoms with Crippen molar-refractivity contribution in [2.24, 2.45) is 5.92 Å².